The average Bonchev–Trinajstić information content (AvgIpc) is 2.84. The molecule has 3 rings (SSSR count). The Labute approximate surface area is 142 Å². The second-order valence-corrected chi connectivity index (χ2v) is 7.63. The minimum absolute atomic E-state index is 0.0767. The van der Waals surface area contributed by atoms with Gasteiger partial charge >= 0.3 is 0 Å². The van der Waals surface area contributed by atoms with Crippen LogP contribution in [0.2, 0.25) is 10.0 Å². The summed E-state index contributed by atoms with van der Waals surface area (Å²) in [5.74, 6) is 1.04. The normalized spacial score (nSPS) is 29.1. The van der Waals surface area contributed by atoms with Gasteiger partial charge in [0.1, 0.15) is 0 Å². The first-order valence-electron chi connectivity index (χ1n) is 8.30. The molecule has 0 radical (unpaired) electrons. The van der Waals surface area contributed by atoms with Crippen molar-refractivity contribution < 1.29 is 4.79 Å². The van der Waals surface area contributed by atoms with Gasteiger partial charge in [-0.25, -0.2) is 0 Å². The fourth-order valence-electron chi connectivity index (χ4n) is 3.99. The van der Waals surface area contributed by atoms with Crippen LogP contribution in [0.25, 0.3) is 0 Å². The predicted octanol–water partition coefficient (Wildman–Crippen LogP) is 4.96. The highest BCUT2D eigenvalue weighted by Crippen LogP contribution is 2.34. The molecule has 2 fully saturated rings. The summed E-state index contributed by atoms with van der Waals surface area (Å²) in [5.41, 5.74) is 1.03. The highest BCUT2D eigenvalue weighted by Gasteiger charge is 2.38. The molecule has 4 heteroatoms. The summed E-state index contributed by atoms with van der Waals surface area (Å²) in [7, 11) is 0. The van der Waals surface area contributed by atoms with Gasteiger partial charge in [0.25, 0.3) is 0 Å². The van der Waals surface area contributed by atoms with Crippen molar-refractivity contribution >= 4 is 29.1 Å². The molecule has 1 aromatic rings. The van der Waals surface area contributed by atoms with E-state index in [2.05, 4.69) is 11.8 Å². The van der Waals surface area contributed by atoms with Gasteiger partial charge in [0.05, 0.1) is 0 Å². The molecular weight excluding hydrogens is 317 g/mol. The van der Waals surface area contributed by atoms with Crippen molar-refractivity contribution in [2.24, 2.45) is 11.8 Å². The summed E-state index contributed by atoms with van der Waals surface area (Å²) < 4.78 is 0. The van der Waals surface area contributed by atoms with Gasteiger partial charge in [-0.1, -0.05) is 49.0 Å². The molecule has 0 spiro atoms. The standard InChI is InChI=1S/C18H23Cl2NO/c1-12-4-2-3-5-17(12)21-9-8-14(18(21)22)10-13-6-7-15(19)11-16(13)20/h6-7,11-12,14,17H,2-5,8-10H2,1H3/t12-,14?,17+/m1/s1. The van der Waals surface area contributed by atoms with E-state index in [0.717, 1.165) is 24.9 Å². The number of halogens is 2. The van der Waals surface area contributed by atoms with Gasteiger partial charge < -0.3 is 4.90 Å². The number of benzene rings is 1. The minimum atomic E-state index is 0.0767. The molecule has 1 saturated carbocycles. The van der Waals surface area contributed by atoms with Crippen LogP contribution in [0.1, 0.15) is 44.6 Å². The molecule has 1 unspecified atom stereocenters. The van der Waals surface area contributed by atoms with Crippen LogP contribution in [0.15, 0.2) is 18.2 Å². The number of carbonyl (C=O) groups is 1. The molecule has 2 aliphatic rings. The van der Waals surface area contributed by atoms with Crippen LogP contribution in [-0.4, -0.2) is 23.4 Å². The van der Waals surface area contributed by atoms with Crippen LogP contribution >= 0.6 is 23.2 Å². The van der Waals surface area contributed by atoms with Crippen LogP contribution in [-0.2, 0) is 11.2 Å². The van der Waals surface area contributed by atoms with Crippen molar-refractivity contribution in [3.8, 4) is 0 Å². The fraction of sp³-hybridized carbons (Fsp3) is 0.611. The van der Waals surface area contributed by atoms with Crippen LogP contribution in [0, 0.1) is 11.8 Å². The summed E-state index contributed by atoms with van der Waals surface area (Å²) in [6.07, 6.45) is 6.66. The molecule has 1 aliphatic heterocycles. The number of nitrogens with zero attached hydrogens (tertiary/aromatic N) is 1. The molecule has 0 bridgehead atoms. The van der Waals surface area contributed by atoms with E-state index in [1.165, 1.54) is 25.7 Å². The monoisotopic (exact) mass is 339 g/mol. The Balaban J connectivity index is 1.68. The molecule has 0 aromatic heterocycles. The SMILES string of the molecule is C[C@@H]1CCCC[C@@H]1N1CCC(Cc2ccc(Cl)cc2Cl)C1=O. The number of hydrogen-bond acceptors (Lipinski definition) is 1. The fourth-order valence-corrected chi connectivity index (χ4v) is 4.48. The van der Waals surface area contributed by atoms with Gasteiger partial charge in [0, 0.05) is 28.5 Å². The summed E-state index contributed by atoms with van der Waals surface area (Å²) in [6.45, 7) is 3.20. The van der Waals surface area contributed by atoms with Gasteiger partial charge in [-0.2, -0.15) is 0 Å². The second-order valence-electron chi connectivity index (χ2n) is 6.79. The lowest BCUT2D eigenvalue weighted by Crippen LogP contribution is -2.43. The highest BCUT2D eigenvalue weighted by atomic mass is 35.5. The van der Waals surface area contributed by atoms with E-state index < -0.39 is 0 Å². The molecule has 0 N–H and O–H groups in total. The zero-order valence-corrected chi connectivity index (χ0v) is 14.5. The topological polar surface area (TPSA) is 20.3 Å². The molecule has 1 amide bonds. The van der Waals surface area contributed by atoms with E-state index in [1.807, 2.05) is 12.1 Å². The third-order valence-electron chi connectivity index (χ3n) is 5.30. The molecule has 22 heavy (non-hydrogen) atoms. The van der Waals surface area contributed by atoms with Crippen LogP contribution in [0.3, 0.4) is 0 Å². The van der Waals surface area contributed by atoms with Crippen LogP contribution in [0.4, 0.5) is 0 Å². The smallest absolute Gasteiger partial charge is 0.226 e. The Morgan fingerprint density at radius 3 is 2.68 bits per heavy atom. The summed E-state index contributed by atoms with van der Waals surface area (Å²) in [4.78, 5) is 14.9. The first kappa shape index (κ1) is 16.1. The first-order chi connectivity index (χ1) is 10.6. The van der Waals surface area contributed by atoms with E-state index in [1.54, 1.807) is 6.07 Å². The minimum Gasteiger partial charge on any atom is -0.339 e. The number of rotatable bonds is 3. The van der Waals surface area contributed by atoms with Crippen molar-refractivity contribution in [3.05, 3.63) is 33.8 Å². The van der Waals surface area contributed by atoms with E-state index in [4.69, 9.17) is 23.2 Å². The summed E-state index contributed by atoms with van der Waals surface area (Å²) >= 11 is 12.2. The molecule has 1 saturated heterocycles. The van der Waals surface area contributed by atoms with E-state index in [9.17, 15) is 4.79 Å². The number of carbonyl (C=O) groups excluding carboxylic acids is 1. The zero-order valence-electron chi connectivity index (χ0n) is 13.0. The van der Waals surface area contributed by atoms with Crippen molar-refractivity contribution in [3.63, 3.8) is 0 Å². The Morgan fingerprint density at radius 2 is 1.95 bits per heavy atom. The third kappa shape index (κ3) is 3.28. The summed E-state index contributed by atoms with van der Waals surface area (Å²) in [5, 5.41) is 1.31. The quantitative estimate of drug-likeness (QED) is 0.761. The van der Waals surface area contributed by atoms with E-state index in [0.29, 0.717) is 27.9 Å². The second kappa shape index (κ2) is 6.80. The molecular formula is C18H23Cl2NO. The van der Waals surface area contributed by atoms with Crippen molar-refractivity contribution in [2.45, 2.75) is 51.5 Å². The zero-order chi connectivity index (χ0) is 15.7. The van der Waals surface area contributed by atoms with Crippen molar-refractivity contribution in [1.29, 1.82) is 0 Å². The van der Waals surface area contributed by atoms with Gasteiger partial charge in [0.15, 0.2) is 0 Å². The maximum atomic E-state index is 12.8. The van der Waals surface area contributed by atoms with Gasteiger partial charge in [-0.15, -0.1) is 0 Å². The molecule has 1 aliphatic carbocycles. The average molecular weight is 340 g/mol. The Bertz CT molecular complexity index is 560. The third-order valence-corrected chi connectivity index (χ3v) is 5.89. The first-order valence-corrected chi connectivity index (χ1v) is 9.06. The Morgan fingerprint density at radius 1 is 1.18 bits per heavy atom. The maximum absolute atomic E-state index is 12.8. The van der Waals surface area contributed by atoms with Gasteiger partial charge in [-0.05, 0) is 49.3 Å². The van der Waals surface area contributed by atoms with Crippen molar-refractivity contribution in [1.82, 2.24) is 4.90 Å². The lowest BCUT2D eigenvalue weighted by Gasteiger charge is -2.36. The molecule has 2 nitrogen and oxygen atoms in total. The number of amides is 1. The van der Waals surface area contributed by atoms with Crippen LogP contribution in [0.5, 0.6) is 0 Å². The number of hydrogen-bond donors (Lipinski definition) is 0. The molecule has 1 heterocycles. The number of likely N-dealkylation sites (tertiary alicyclic amines) is 1. The molecule has 1 aromatic carbocycles. The predicted molar refractivity (Wildman–Crippen MR) is 91.4 cm³/mol. The van der Waals surface area contributed by atoms with Gasteiger partial charge in [-0.3, -0.25) is 4.79 Å². The largest absolute Gasteiger partial charge is 0.339 e. The Hall–Kier alpha value is -0.730. The highest BCUT2D eigenvalue weighted by molar-refractivity contribution is 6.35. The van der Waals surface area contributed by atoms with E-state index >= 15 is 0 Å². The van der Waals surface area contributed by atoms with Crippen molar-refractivity contribution in [2.75, 3.05) is 6.54 Å². The Kier molecular flexibility index (Phi) is 4.99. The van der Waals surface area contributed by atoms with Crippen LogP contribution < -0.4 is 0 Å². The summed E-state index contributed by atoms with van der Waals surface area (Å²) in [6, 6.07) is 6.01. The maximum Gasteiger partial charge on any atom is 0.226 e. The molecule has 120 valence electrons. The lowest BCUT2D eigenvalue weighted by molar-refractivity contribution is -0.134. The van der Waals surface area contributed by atoms with Gasteiger partial charge in [0.2, 0.25) is 5.91 Å². The van der Waals surface area contributed by atoms with E-state index in [-0.39, 0.29) is 5.92 Å². The molecule has 3 atom stereocenters. The lowest BCUT2D eigenvalue weighted by atomic mass is 9.85.